The summed E-state index contributed by atoms with van der Waals surface area (Å²) in [5, 5.41) is 13.3. The third-order valence-corrected chi connectivity index (χ3v) is 3.60. The number of halogens is 2. The molecule has 1 unspecified atom stereocenters. The number of methoxy groups -OCH3 is 1. The van der Waals surface area contributed by atoms with Crippen LogP contribution >= 0.6 is 27.5 Å². The Morgan fingerprint density at radius 1 is 1.65 bits per heavy atom. The summed E-state index contributed by atoms with van der Waals surface area (Å²) in [6.45, 7) is 1.41. The summed E-state index contributed by atoms with van der Waals surface area (Å²) in [4.78, 5) is 11.3. The van der Waals surface area contributed by atoms with E-state index in [1.54, 1.807) is 18.2 Å². The van der Waals surface area contributed by atoms with Crippen LogP contribution in [0.3, 0.4) is 0 Å². The van der Waals surface area contributed by atoms with Gasteiger partial charge in [0, 0.05) is 0 Å². The lowest BCUT2D eigenvalue weighted by molar-refractivity contribution is -0.158. The van der Waals surface area contributed by atoms with Crippen molar-refractivity contribution >= 4 is 39.2 Å². The van der Waals surface area contributed by atoms with Crippen LogP contribution in [0.4, 0.5) is 5.69 Å². The first-order chi connectivity index (χ1) is 7.88. The number of benzene rings is 1. The first kappa shape index (κ1) is 14.3. The molecule has 0 saturated heterocycles. The Kier molecular flexibility index (Phi) is 4.80. The third kappa shape index (κ3) is 3.59. The average Bonchev–Trinajstić information content (AvgIpc) is 2.30. The lowest BCUT2D eigenvalue weighted by atomic mass is 10.1. The second-order valence-electron chi connectivity index (χ2n) is 3.72. The minimum Gasteiger partial charge on any atom is -0.467 e. The van der Waals surface area contributed by atoms with Gasteiger partial charge in [-0.25, -0.2) is 4.79 Å². The molecule has 94 valence electrons. The van der Waals surface area contributed by atoms with Crippen molar-refractivity contribution in [1.29, 1.82) is 0 Å². The summed E-state index contributed by atoms with van der Waals surface area (Å²) in [6.07, 6.45) is 0. The lowest BCUT2D eigenvalue weighted by Crippen LogP contribution is -2.42. The SMILES string of the molecule is COC(=O)C(C)(O)CNc1cccc(Cl)c1Br. The van der Waals surface area contributed by atoms with Gasteiger partial charge in [-0.1, -0.05) is 17.7 Å². The zero-order valence-electron chi connectivity index (χ0n) is 9.46. The summed E-state index contributed by atoms with van der Waals surface area (Å²) < 4.78 is 5.17. The smallest absolute Gasteiger partial charge is 0.339 e. The van der Waals surface area contributed by atoms with E-state index >= 15 is 0 Å². The highest BCUT2D eigenvalue weighted by Gasteiger charge is 2.31. The van der Waals surface area contributed by atoms with Crippen molar-refractivity contribution < 1.29 is 14.6 Å². The van der Waals surface area contributed by atoms with Crippen molar-refractivity contribution in [2.45, 2.75) is 12.5 Å². The van der Waals surface area contributed by atoms with E-state index in [1.807, 2.05) is 0 Å². The van der Waals surface area contributed by atoms with E-state index in [-0.39, 0.29) is 6.54 Å². The van der Waals surface area contributed by atoms with Gasteiger partial charge in [0.2, 0.25) is 0 Å². The maximum atomic E-state index is 11.3. The fourth-order valence-electron chi connectivity index (χ4n) is 1.20. The molecule has 0 aliphatic heterocycles. The van der Waals surface area contributed by atoms with Crippen molar-refractivity contribution in [3.05, 3.63) is 27.7 Å². The molecule has 0 spiro atoms. The van der Waals surface area contributed by atoms with Crippen LogP contribution in [0, 0.1) is 0 Å². The molecule has 0 saturated carbocycles. The van der Waals surface area contributed by atoms with Crippen molar-refractivity contribution in [2.24, 2.45) is 0 Å². The highest BCUT2D eigenvalue weighted by molar-refractivity contribution is 9.10. The van der Waals surface area contributed by atoms with E-state index in [9.17, 15) is 9.90 Å². The van der Waals surface area contributed by atoms with E-state index in [0.717, 1.165) is 0 Å². The largest absolute Gasteiger partial charge is 0.467 e. The van der Waals surface area contributed by atoms with Crippen LogP contribution in [-0.4, -0.2) is 30.3 Å². The Bertz CT molecular complexity index is 423. The number of carbonyl (C=O) groups excluding carboxylic acids is 1. The fraction of sp³-hybridized carbons (Fsp3) is 0.364. The Morgan fingerprint density at radius 2 is 2.29 bits per heavy atom. The van der Waals surface area contributed by atoms with Gasteiger partial charge in [0.15, 0.2) is 5.60 Å². The van der Waals surface area contributed by atoms with E-state index in [2.05, 4.69) is 26.0 Å². The fourth-order valence-corrected chi connectivity index (χ4v) is 1.78. The molecule has 0 aromatic heterocycles. The van der Waals surface area contributed by atoms with Crippen LogP contribution in [-0.2, 0) is 9.53 Å². The Morgan fingerprint density at radius 3 is 2.88 bits per heavy atom. The number of rotatable bonds is 4. The summed E-state index contributed by atoms with van der Waals surface area (Å²) in [5.41, 5.74) is -0.891. The van der Waals surface area contributed by atoms with Crippen molar-refractivity contribution in [1.82, 2.24) is 0 Å². The van der Waals surface area contributed by atoms with Gasteiger partial charge in [-0.2, -0.15) is 0 Å². The van der Waals surface area contributed by atoms with Gasteiger partial charge < -0.3 is 15.2 Å². The minimum absolute atomic E-state index is 0.0264. The Hall–Kier alpha value is -0.780. The molecule has 0 heterocycles. The van der Waals surface area contributed by atoms with Gasteiger partial charge in [-0.15, -0.1) is 0 Å². The van der Waals surface area contributed by atoms with Crippen LogP contribution in [0.2, 0.25) is 5.02 Å². The summed E-state index contributed by atoms with van der Waals surface area (Å²) in [6, 6.07) is 5.28. The molecular formula is C11H13BrClNO3. The zero-order chi connectivity index (χ0) is 13.1. The summed E-state index contributed by atoms with van der Waals surface area (Å²) in [7, 11) is 1.23. The van der Waals surface area contributed by atoms with Crippen LogP contribution in [0.5, 0.6) is 0 Å². The molecule has 0 aliphatic rings. The second kappa shape index (κ2) is 5.71. The molecule has 1 atom stereocenters. The molecule has 2 N–H and O–H groups in total. The number of ether oxygens (including phenoxy) is 1. The van der Waals surface area contributed by atoms with Crippen molar-refractivity contribution in [3.63, 3.8) is 0 Å². The van der Waals surface area contributed by atoms with E-state index in [4.69, 9.17) is 11.6 Å². The summed E-state index contributed by atoms with van der Waals surface area (Å²) >= 11 is 9.22. The normalized spacial score (nSPS) is 13.9. The van der Waals surface area contributed by atoms with Crippen LogP contribution in [0.25, 0.3) is 0 Å². The molecule has 0 fully saturated rings. The molecule has 0 aliphatic carbocycles. The first-order valence-electron chi connectivity index (χ1n) is 4.87. The molecule has 1 rings (SSSR count). The van der Waals surface area contributed by atoms with Gasteiger partial charge in [0.25, 0.3) is 0 Å². The van der Waals surface area contributed by atoms with Gasteiger partial charge >= 0.3 is 5.97 Å². The molecule has 1 aromatic rings. The van der Waals surface area contributed by atoms with Crippen LogP contribution in [0.1, 0.15) is 6.92 Å². The number of esters is 1. The second-order valence-corrected chi connectivity index (χ2v) is 4.92. The molecular weight excluding hydrogens is 309 g/mol. The maximum Gasteiger partial charge on any atom is 0.339 e. The van der Waals surface area contributed by atoms with Gasteiger partial charge in [0.05, 0.1) is 28.8 Å². The first-order valence-corrected chi connectivity index (χ1v) is 6.04. The standard InChI is InChI=1S/C11H13BrClNO3/c1-11(16,10(15)17-2)6-14-8-5-3-4-7(13)9(8)12/h3-5,14,16H,6H2,1-2H3. The molecule has 4 nitrogen and oxygen atoms in total. The van der Waals surface area contributed by atoms with Crippen LogP contribution < -0.4 is 5.32 Å². The van der Waals surface area contributed by atoms with E-state index in [1.165, 1.54) is 14.0 Å². The number of carbonyl (C=O) groups is 1. The number of hydrogen-bond acceptors (Lipinski definition) is 4. The number of nitrogens with one attached hydrogen (secondary N) is 1. The Labute approximate surface area is 113 Å². The van der Waals surface area contributed by atoms with E-state index < -0.39 is 11.6 Å². The minimum atomic E-state index is -1.59. The van der Waals surface area contributed by atoms with Gasteiger partial charge in [-0.05, 0) is 35.0 Å². The molecule has 6 heteroatoms. The zero-order valence-corrected chi connectivity index (χ0v) is 11.8. The molecule has 0 amide bonds. The highest BCUT2D eigenvalue weighted by Crippen LogP contribution is 2.30. The van der Waals surface area contributed by atoms with Gasteiger partial charge in [-0.3, -0.25) is 0 Å². The predicted molar refractivity (Wildman–Crippen MR) is 70.3 cm³/mol. The quantitative estimate of drug-likeness (QED) is 0.836. The van der Waals surface area contributed by atoms with Crippen molar-refractivity contribution in [3.8, 4) is 0 Å². The maximum absolute atomic E-state index is 11.3. The number of aliphatic hydroxyl groups is 1. The lowest BCUT2D eigenvalue weighted by Gasteiger charge is -2.21. The van der Waals surface area contributed by atoms with Crippen LogP contribution in [0.15, 0.2) is 22.7 Å². The Balaban J connectivity index is 2.74. The van der Waals surface area contributed by atoms with E-state index in [0.29, 0.717) is 15.2 Å². The third-order valence-electron chi connectivity index (χ3n) is 2.20. The predicted octanol–water partition coefficient (Wildman–Crippen LogP) is 2.44. The van der Waals surface area contributed by atoms with Crippen molar-refractivity contribution in [2.75, 3.05) is 19.0 Å². The monoisotopic (exact) mass is 321 g/mol. The molecule has 17 heavy (non-hydrogen) atoms. The topological polar surface area (TPSA) is 58.6 Å². The number of anilines is 1. The molecule has 0 bridgehead atoms. The molecule has 0 radical (unpaired) electrons. The molecule has 1 aromatic carbocycles. The number of hydrogen-bond donors (Lipinski definition) is 2. The summed E-state index contributed by atoms with van der Waals surface area (Å²) in [5.74, 6) is -0.692. The van der Waals surface area contributed by atoms with Gasteiger partial charge in [0.1, 0.15) is 0 Å². The highest BCUT2D eigenvalue weighted by atomic mass is 79.9. The average molecular weight is 323 g/mol.